The molecule has 0 aromatic heterocycles. The topological polar surface area (TPSA) is 41.6 Å². The Morgan fingerprint density at radius 2 is 2.06 bits per heavy atom. The van der Waals surface area contributed by atoms with Crippen LogP contribution in [0.5, 0.6) is 0 Å². The van der Waals surface area contributed by atoms with Crippen molar-refractivity contribution in [3.63, 3.8) is 0 Å². The second kappa shape index (κ2) is 5.53. The van der Waals surface area contributed by atoms with Crippen molar-refractivity contribution in [2.75, 3.05) is 26.7 Å². The number of hydrogen-bond acceptors (Lipinski definition) is 3. The molecule has 1 N–H and O–H groups in total. The minimum absolute atomic E-state index is 0.169. The SMILES string of the molecule is CNCCCC1CN(C(=O)OC(C)(C)C)C1. The van der Waals surface area contributed by atoms with Crippen molar-refractivity contribution in [2.24, 2.45) is 5.92 Å². The maximum atomic E-state index is 11.6. The molecular weight excluding hydrogens is 204 g/mol. The average molecular weight is 228 g/mol. The molecule has 0 radical (unpaired) electrons. The first-order valence-corrected chi connectivity index (χ1v) is 6.05. The van der Waals surface area contributed by atoms with Crippen molar-refractivity contribution in [1.82, 2.24) is 10.2 Å². The number of carbonyl (C=O) groups is 1. The fourth-order valence-electron chi connectivity index (χ4n) is 1.80. The normalized spacial score (nSPS) is 17.1. The van der Waals surface area contributed by atoms with Gasteiger partial charge in [-0.15, -0.1) is 0 Å². The first kappa shape index (κ1) is 13.3. The van der Waals surface area contributed by atoms with E-state index in [1.54, 1.807) is 4.90 Å². The van der Waals surface area contributed by atoms with E-state index >= 15 is 0 Å². The summed E-state index contributed by atoms with van der Waals surface area (Å²) >= 11 is 0. The van der Waals surface area contributed by atoms with Gasteiger partial charge in [-0.2, -0.15) is 0 Å². The highest BCUT2D eigenvalue weighted by Crippen LogP contribution is 2.22. The maximum absolute atomic E-state index is 11.6. The van der Waals surface area contributed by atoms with Crippen LogP contribution in [-0.2, 0) is 4.74 Å². The van der Waals surface area contributed by atoms with Crippen LogP contribution in [-0.4, -0.2) is 43.3 Å². The van der Waals surface area contributed by atoms with E-state index < -0.39 is 0 Å². The highest BCUT2D eigenvalue weighted by Gasteiger charge is 2.32. The summed E-state index contributed by atoms with van der Waals surface area (Å²) in [5.74, 6) is 0.667. The van der Waals surface area contributed by atoms with Gasteiger partial charge in [0.05, 0.1) is 0 Å². The molecule has 1 heterocycles. The Balaban J connectivity index is 2.13. The lowest BCUT2D eigenvalue weighted by molar-refractivity contribution is -0.00230. The van der Waals surface area contributed by atoms with Gasteiger partial charge in [-0.3, -0.25) is 0 Å². The lowest BCUT2D eigenvalue weighted by Gasteiger charge is -2.39. The second-order valence-corrected chi connectivity index (χ2v) is 5.50. The lowest BCUT2D eigenvalue weighted by atomic mass is 9.95. The Bertz CT molecular complexity index is 230. The summed E-state index contributed by atoms with van der Waals surface area (Å²) in [7, 11) is 1.97. The third-order valence-electron chi connectivity index (χ3n) is 2.65. The summed E-state index contributed by atoms with van der Waals surface area (Å²) in [6.45, 7) is 8.47. The predicted octanol–water partition coefficient (Wildman–Crippen LogP) is 1.85. The van der Waals surface area contributed by atoms with E-state index in [1.165, 1.54) is 12.8 Å². The molecule has 4 heteroatoms. The summed E-state index contributed by atoms with van der Waals surface area (Å²) in [5, 5.41) is 3.13. The van der Waals surface area contributed by atoms with Gasteiger partial charge in [-0.25, -0.2) is 4.79 Å². The van der Waals surface area contributed by atoms with Crippen molar-refractivity contribution in [3.8, 4) is 0 Å². The zero-order valence-corrected chi connectivity index (χ0v) is 10.9. The zero-order valence-electron chi connectivity index (χ0n) is 10.9. The molecule has 0 spiro atoms. The summed E-state index contributed by atoms with van der Waals surface area (Å²) in [6, 6.07) is 0. The van der Waals surface area contributed by atoms with Crippen LogP contribution in [0, 0.1) is 5.92 Å². The van der Waals surface area contributed by atoms with E-state index in [2.05, 4.69) is 5.32 Å². The molecule has 1 amide bonds. The van der Waals surface area contributed by atoms with E-state index in [-0.39, 0.29) is 11.7 Å². The average Bonchev–Trinajstić information content (AvgIpc) is 2.05. The highest BCUT2D eigenvalue weighted by atomic mass is 16.6. The fourth-order valence-corrected chi connectivity index (χ4v) is 1.80. The predicted molar refractivity (Wildman–Crippen MR) is 64.5 cm³/mol. The van der Waals surface area contributed by atoms with Crippen LogP contribution in [0.2, 0.25) is 0 Å². The number of carbonyl (C=O) groups excluding carboxylic acids is 1. The molecule has 1 saturated heterocycles. The molecule has 0 aliphatic carbocycles. The Morgan fingerprint density at radius 3 is 2.56 bits per heavy atom. The smallest absolute Gasteiger partial charge is 0.410 e. The molecule has 16 heavy (non-hydrogen) atoms. The van der Waals surface area contributed by atoms with Gasteiger partial charge >= 0.3 is 6.09 Å². The van der Waals surface area contributed by atoms with Gasteiger partial charge in [0, 0.05) is 13.1 Å². The van der Waals surface area contributed by atoms with E-state index in [0.29, 0.717) is 5.92 Å². The van der Waals surface area contributed by atoms with Crippen LogP contribution in [0.25, 0.3) is 0 Å². The monoisotopic (exact) mass is 228 g/mol. The fraction of sp³-hybridized carbons (Fsp3) is 0.917. The van der Waals surface area contributed by atoms with E-state index in [0.717, 1.165) is 19.6 Å². The van der Waals surface area contributed by atoms with Gasteiger partial charge in [-0.05, 0) is 53.1 Å². The molecule has 1 fully saturated rings. The first-order valence-electron chi connectivity index (χ1n) is 6.05. The largest absolute Gasteiger partial charge is 0.444 e. The van der Waals surface area contributed by atoms with E-state index in [9.17, 15) is 4.79 Å². The van der Waals surface area contributed by atoms with Gasteiger partial charge in [0.25, 0.3) is 0 Å². The molecule has 1 rings (SSSR count). The van der Waals surface area contributed by atoms with Crippen molar-refractivity contribution in [3.05, 3.63) is 0 Å². The van der Waals surface area contributed by atoms with Crippen molar-refractivity contribution in [1.29, 1.82) is 0 Å². The third kappa shape index (κ3) is 4.39. The molecule has 94 valence electrons. The first-order chi connectivity index (χ1) is 7.42. The van der Waals surface area contributed by atoms with Gasteiger partial charge < -0.3 is 15.0 Å². The summed E-state index contributed by atoms with van der Waals surface area (Å²) in [4.78, 5) is 13.4. The standard InChI is InChI=1S/C12H24N2O2/c1-12(2,3)16-11(15)14-8-10(9-14)6-5-7-13-4/h10,13H,5-9H2,1-4H3. The molecular formula is C12H24N2O2. The van der Waals surface area contributed by atoms with Gasteiger partial charge in [-0.1, -0.05) is 0 Å². The molecule has 1 aliphatic rings. The Morgan fingerprint density at radius 1 is 1.44 bits per heavy atom. The van der Waals surface area contributed by atoms with Gasteiger partial charge in [0.15, 0.2) is 0 Å². The van der Waals surface area contributed by atoms with Crippen LogP contribution in [0.15, 0.2) is 0 Å². The molecule has 0 saturated carbocycles. The Hall–Kier alpha value is -0.770. The molecule has 0 aromatic carbocycles. The number of likely N-dealkylation sites (tertiary alicyclic amines) is 1. The molecule has 0 unspecified atom stereocenters. The van der Waals surface area contributed by atoms with Crippen LogP contribution < -0.4 is 5.32 Å². The summed E-state index contributed by atoms with van der Waals surface area (Å²) in [5.41, 5.74) is -0.381. The quantitative estimate of drug-likeness (QED) is 0.747. The molecule has 1 aliphatic heterocycles. The number of amides is 1. The highest BCUT2D eigenvalue weighted by molar-refractivity contribution is 5.69. The molecule has 0 atom stereocenters. The van der Waals surface area contributed by atoms with Crippen LogP contribution in [0.1, 0.15) is 33.6 Å². The van der Waals surface area contributed by atoms with Crippen LogP contribution >= 0.6 is 0 Å². The third-order valence-corrected chi connectivity index (χ3v) is 2.65. The minimum Gasteiger partial charge on any atom is -0.444 e. The number of rotatable bonds is 4. The summed E-state index contributed by atoms with van der Waals surface area (Å²) in [6.07, 6.45) is 2.21. The van der Waals surface area contributed by atoms with Gasteiger partial charge in [0.2, 0.25) is 0 Å². The number of nitrogens with one attached hydrogen (secondary N) is 1. The lowest BCUT2D eigenvalue weighted by Crippen LogP contribution is -2.51. The number of nitrogens with zero attached hydrogens (tertiary/aromatic N) is 1. The molecule has 0 aromatic rings. The number of ether oxygens (including phenoxy) is 1. The second-order valence-electron chi connectivity index (χ2n) is 5.50. The van der Waals surface area contributed by atoms with Crippen LogP contribution in [0.4, 0.5) is 4.79 Å². The minimum atomic E-state index is -0.381. The van der Waals surface area contributed by atoms with Crippen molar-refractivity contribution < 1.29 is 9.53 Å². The number of hydrogen-bond donors (Lipinski definition) is 1. The van der Waals surface area contributed by atoms with Gasteiger partial charge in [0.1, 0.15) is 5.60 Å². The molecule has 0 bridgehead atoms. The van der Waals surface area contributed by atoms with Crippen molar-refractivity contribution in [2.45, 2.75) is 39.2 Å². The zero-order chi connectivity index (χ0) is 12.2. The van der Waals surface area contributed by atoms with Crippen LogP contribution in [0.3, 0.4) is 0 Å². The Labute approximate surface area is 98.3 Å². The Kier molecular flexibility index (Phi) is 4.59. The van der Waals surface area contributed by atoms with E-state index in [4.69, 9.17) is 4.74 Å². The van der Waals surface area contributed by atoms with E-state index in [1.807, 2.05) is 27.8 Å². The van der Waals surface area contributed by atoms with Crippen molar-refractivity contribution >= 4 is 6.09 Å². The summed E-state index contributed by atoms with van der Waals surface area (Å²) < 4.78 is 5.29. The maximum Gasteiger partial charge on any atom is 0.410 e. The molecule has 4 nitrogen and oxygen atoms in total.